The highest BCUT2D eigenvalue weighted by molar-refractivity contribution is 5.85. The average Bonchev–Trinajstić information content (AvgIpc) is 2.54. The maximum atomic E-state index is 12.8. The van der Waals surface area contributed by atoms with E-state index in [9.17, 15) is 14.0 Å². The fraction of sp³-hybridized carbons (Fsp3) is 0.562. The first kappa shape index (κ1) is 18.0. The summed E-state index contributed by atoms with van der Waals surface area (Å²) in [5, 5.41) is 11.2. The van der Waals surface area contributed by atoms with E-state index in [1.807, 2.05) is 0 Å². The number of aromatic nitrogens is 1. The fourth-order valence-electron chi connectivity index (χ4n) is 2.64. The van der Waals surface area contributed by atoms with Crippen molar-refractivity contribution in [1.29, 1.82) is 0 Å². The van der Waals surface area contributed by atoms with E-state index in [2.05, 4.69) is 10.3 Å². The molecule has 24 heavy (non-hydrogen) atoms. The molecule has 7 nitrogen and oxygen atoms in total. The van der Waals surface area contributed by atoms with Crippen LogP contribution in [0.1, 0.15) is 26.7 Å². The van der Waals surface area contributed by atoms with Gasteiger partial charge in [-0.3, -0.25) is 4.79 Å². The topological polar surface area (TPSA) is 91.8 Å². The minimum absolute atomic E-state index is 0.100. The molecule has 0 aromatic carbocycles. The third-order valence-electron chi connectivity index (χ3n) is 3.95. The van der Waals surface area contributed by atoms with E-state index in [-0.39, 0.29) is 17.9 Å². The van der Waals surface area contributed by atoms with Crippen LogP contribution >= 0.6 is 0 Å². The molecule has 1 aliphatic heterocycles. The molecule has 1 saturated heterocycles. The van der Waals surface area contributed by atoms with Crippen molar-refractivity contribution in [2.45, 2.75) is 38.8 Å². The number of hydrogen-bond acceptors (Lipinski definition) is 4. The van der Waals surface area contributed by atoms with Gasteiger partial charge in [-0.1, -0.05) is 13.8 Å². The molecule has 132 valence electrons. The molecule has 0 spiro atoms. The molecule has 8 heteroatoms. The number of rotatable bonds is 5. The number of halogens is 1. The highest BCUT2D eigenvalue weighted by Crippen LogP contribution is 2.19. The summed E-state index contributed by atoms with van der Waals surface area (Å²) < 4.78 is 18.5. The summed E-state index contributed by atoms with van der Waals surface area (Å²) in [5.74, 6) is -0.418. The molecule has 0 unspecified atom stereocenters. The maximum absolute atomic E-state index is 12.8. The summed E-state index contributed by atoms with van der Waals surface area (Å²) in [5.41, 5.74) is 0. The largest absolute Gasteiger partial charge is 0.474 e. The maximum Gasteiger partial charge on any atom is 0.405 e. The number of pyridine rings is 1. The number of nitrogens with zero attached hydrogens (tertiary/aromatic N) is 2. The summed E-state index contributed by atoms with van der Waals surface area (Å²) in [7, 11) is 0. The highest BCUT2D eigenvalue weighted by Gasteiger charge is 2.31. The first-order valence-electron chi connectivity index (χ1n) is 7.93. The van der Waals surface area contributed by atoms with Crippen molar-refractivity contribution in [3.63, 3.8) is 0 Å². The van der Waals surface area contributed by atoms with Crippen molar-refractivity contribution < 1.29 is 23.8 Å². The van der Waals surface area contributed by atoms with E-state index in [1.165, 1.54) is 12.1 Å². The lowest BCUT2D eigenvalue weighted by molar-refractivity contribution is -0.136. The van der Waals surface area contributed by atoms with Crippen LogP contribution in [0.15, 0.2) is 18.3 Å². The van der Waals surface area contributed by atoms with Gasteiger partial charge in [-0.05, 0) is 12.0 Å². The van der Waals surface area contributed by atoms with E-state index < -0.39 is 18.0 Å². The van der Waals surface area contributed by atoms with Gasteiger partial charge in [-0.15, -0.1) is 0 Å². The minimum Gasteiger partial charge on any atom is -0.474 e. The van der Waals surface area contributed by atoms with Gasteiger partial charge >= 0.3 is 6.09 Å². The second-order valence-electron chi connectivity index (χ2n) is 6.13. The van der Waals surface area contributed by atoms with Crippen LogP contribution in [-0.4, -0.2) is 52.2 Å². The van der Waals surface area contributed by atoms with Crippen molar-refractivity contribution in [3.05, 3.63) is 24.1 Å². The Labute approximate surface area is 139 Å². The van der Waals surface area contributed by atoms with Crippen LogP contribution < -0.4 is 10.1 Å². The lowest BCUT2D eigenvalue weighted by Crippen LogP contribution is -2.53. The molecule has 1 aromatic heterocycles. The Morgan fingerprint density at radius 1 is 1.38 bits per heavy atom. The normalized spacial score (nSPS) is 16.8. The third-order valence-corrected chi connectivity index (χ3v) is 3.95. The van der Waals surface area contributed by atoms with Gasteiger partial charge in [0, 0.05) is 32.0 Å². The zero-order chi connectivity index (χ0) is 17.7. The SMILES string of the molecule is CC(C)[C@H](NC(=O)O)C(=O)N1CCC(Oc2ccc(F)cn2)CC1. The summed E-state index contributed by atoms with van der Waals surface area (Å²) >= 11 is 0. The summed E-state index contributed by atoms with van der Waals surface area (Å²) in [6.07, 6.45) is 1.02. The number of ether oxygens (including phenoxy) is 1. The zero-order valence-corrected chi connectivity index (χ0v) is 13.7. The smallest absolute Gasteiger partial charge is 0.405 e. The van der Waals surface area contributed by atoms with Crippen molar-refractivity contribution in [2.75, 3.05) is 13.1 Å². The first-order valence-corrected chi connectivity index (χ1v) is 7.93. The van der Waals surface area contributed by atoms with Gasteiger partial charge in [0.15, 0.2) is 0 Å². The zero-order valence-electron chi connectivity index (χ0n) is 13.7. The predicted molar refractivity (Wildman–Crippen MR) is 84.2 cm³/mol. The summed E-state index contributed by atoms with van der Waals surface area (Å²) in [6, 6.07) is 2.00. The van der Waals surface area contributed by atoms with Crippen LogP contribution in [0.2, 0.25) is 0 Å². The Morgan fingerprint density at radius 2 is 2.04 bits per heavy atom. The molecule has 1 aromatic rings. The van der Waals surface area contributed by atoms with Gasteiger partial charge in [0.2, 0.25) is 11.8 Å². The van der Waals surface area contributed by atoms with Crippen molar-refractivity contribution in [1.82, 2.24) is 15.2 Å². The molecule has 1 aliphatic rings. The van der Waals surface area contributed by atoms with E-state index in [0.29, 0.717) is 31.8 Å². The molecule has 2 heterocycles. The van der Waals surface area contributed by atoms with Crippen LogP contribution in [0.4, 0.5) is 9.18 Å². The van der Waals surface area contributed by atoms with Crippen molar-refractivity contribution in [3.8, 4) is 5.88 Å². The number of piperidine rings is 1. The van der Waals surface area contributed by atoms with Gasteiger partial charge in [-0.25, -0.2) is 14.2 Å². The van der Waals surface area contributed by atoms with Gasteiger partial charge < -0.3 is 20.1 Å². The lowest BCUT2D eigenvalue weighted by Gasteiger charge is -2.35. The molecule has 2 amide bonds. The summed E-state index contributed by atoms with van der Waals surface area (Å²) in [4.78, 5) is 28.8. The van der Waals surface area contributed by atoms with E-state index >= 15 is 0 Å². The molecule has 2 N–H and O–H groups in total. The molecule has 0 radical (unpaired) electrons. The number of nitrogens with one attached hydrogen (secondary N) is 1. The van der Waals surface area contributed by atoms with Gasteiger partial charge in [-0.2, -0.15) is 0 Å². The predicted octanol–water partition coefficient (Wildman–Crippen LogP) is 1.88. The van der Waals surface area contributed by atoms with Crippen LogP contribution in [0.3, 0.4) is 0 Å². The first-order chi connectivity index (χ1) is 11.4. The van der Waals surface area contributed by atoms with Crippen LogP contribution in [0, 0.1) is 11.7 Å². The number of hydrogen-bond donors (Lipinski definition) is 2. The Bertz CT molecular complexity index is 571. The van der Waals surface area contributed by atoms with Crippen LogP contribution in [0.25, 0.3) is 0 Å². The minimum atomic E-state index is -1.21. The Kier molecular flexibility index (Phi) is 5.94. The monoisotopic (exact) mass is 339 g/mol. The second kappa shape index (κ2) is 7.94. The Morgan fingerprint density at radius 3 is 2.54 bits per heavy atom. The van der Waals surface area contributed by atoms with Gasteiger partial charge in [0.25, 0.3) is 0 Å². The quantitative estimate of drug-likeness (QED) is 0.855. The Balaban J connectivity index is 1.87. The molecule has 2 rings (SSSR count). The molecular weight excluding hydrogens is 317 g/mol. The molecule has 0 saturated carbocycles. The van der Waals surface area contributed by atoms with Gasteiger partial charge in [0.1, 0.15) is 18.0 Å². The fourth-order valence-corrected chi connectivity index (χ4v) is 2.64. The molecular formula is C16H22FN3O4. The molecule has 1 atom stereocenters. The molecule has 0 aliphatic carbocycles. The summed E-state index contributed by atoms with van der Waals surface area (Å²) in [6.45, 7) is 4.56. The van der Waals surface area contributed by atoms with Crippen molar-refractivity contribution in [2.24, 2.45) is 5.92 Å². The van der Waals surface area contributed by atoms with E-state index in [1.54, 1.807) is 18.7 Å². The van der Waals surface area contributed by atoms with Gasteiger partial charge in [0.05, 0.1) is 6.20 Å². The number of carbonyl (C=O) groups is 2. The van der Waals surface area contributed by atoms with Crippen LogP contribution in [0.5, 0.6) is 5.88 Å². The number of likely N-dealkylation sites (tertiary alicyclic amines) is 1. The third kappa shape index (κ3) is 4.81. The lowest BCUT2D eigenvalue weighted by atomic mass is 10.0. The van der Waals surface area contributed by atoms with E-state index in [4.69, 9.17) is 9.84 Å². The van der Waals surface area contributed by atoms with Crippen LogP contribution in [-0.2, 0) is 4.79 Å². The Hall–Kier alpha value is -2.38. The second-order valence-corrected chi connectivity index (χ2v) is 6.13. The highest BCUT2D eigenvalue weighted by atomic mass is 19.1. The number of carboxylic acid groups (broad SMARTS) is 1. The number of carbonyl (C=O) groups excluding carboxylic acids is 1. The average molecular weight is 339 g/mol. The molecule has 0 bridgehead atoms. The van der Waals surface area contributed by atoms with E-state index in [0.717, 1.165) is 6.20 Å². The molecule has 1 fully saturated rings. The van der Waals surface area contributed by atoms with Crippen molar-refractivity contribution >= 4 is 12.0 Å². The number of amides is 2. The standard InChI is InChI=1S/C16H22FN3O4/c1-10(2)14(19-16(22)23)15(21)20-7-5-12(6-8-20)24-13-4-3-11(17)9-18-13/h3-4,9-10,12,14,19H,5-8H2,1-2H3,(H,22,23)/t14-/m0/s1.